The van der Waals surface area contributed by atoms with E-state index in [9.17, 15) is 10.1 Å². The Balaban J connectivity index is 2.08. The zero-order chi connectivity index (χ0) is 13.9. The molecule has 1 aliphatic rings. The van der Waals surface area contributed by atoms with Crippen LogP contribution in [0.5, 0.6) is 0 Å². The molecular formula is C13H15N5O2. The maximum atomic E-state index is 10.9. The molecule has 1 aromatic heterocycles. The van der Waals surface area contributed by atoms with E-state index in [4.69, 9.17) is 0 Å². The van der Waals surface area contributed by atoms with Crippen molar-refractivity contribution in [1.82, 2.24) is 15.3 Å². The quantitative estimate of drug-likeness (QED) is 0.656. The molecule has 2 aromatic rings. The van der Waals surface area contributed by atoms with Crippen LogP contribution in [0.2, 0.25) is 0 Å². The van der Waals surface area contributed by atoms with E-state index in [0.29, 0.717) is 0 Å². The van der Waals surface area contributed by atoms with Crippen molar-refractivity contribution in [2.45, 2.75) is 6.42 Å². The lowest BCUT2D eigenvalue weighted by Crippen LogP contribution is -2.28. The van der Waals surface area contributed by atoms with Crippen molar-refractivity contribution >= 4 is 22.4 Å². The predicted octanol–water partition coefficient (Wildman–Crippen LogP) is 1.34. The predicted molar refractivity (Wildman–Crippen MR) is 75.9 cm³/mol. The van der Waals surface area contributed by atoms with Gasteiger partial charge in [0.2, 0.25) is 0 Å². The van der Waals surface area contributed by atoms with Gasteiger partial charge in [0.25, 0.3) is 5.69 Å². The number of hydrogen-bond donors (Lipinski definition) is 1. The van der Waals surface area contributed by atoms with Crippen molar-refractivity contribution in [2.75, 3.05) is 31.1 Å². The van der Waals surface area contributed by atoms with Gasteiger partial charge in [-0.1, -0.05) is 0 Å². The third-order valence-corrected chi connectivity index (χ3v) is 3.45. The highest BCUT2D eigenvalue weighted by molar-refractivity contribution is 5.91. The Morgan fingerprint density at radius 3 is 3.00 bits per heavy atom. The van der Waals surface area contributed by atoms with Gasteiger partial charge in [-0.05, 0) is 19.0 Å². The summed E-state index contributed by atoms with van der Waals surface area (Å²) in [6.45, 7) is 3.61. The average molecular weight is 273 g/mol. The van der Waals surface area contributed by atoms with Gasteiger partial charge in [0.05, 0.1) is 10.4 Å². The van der Waals surface area contributed by atoms with Crippen LogP contribution >= 0.6 is 0 Å². The molecule has 1 N–H and O–H groups in total. The van der Waals surface area contributed by atoms with Gasteiger partial charge in [-0.15, -0.1) is 0 Å². The molecule has 0 unspecified atom stereocenters. The normalized spacial score (nSPS) is 16.1. The molecular weight excluding hydrogens is 258 g/mol. The number of benzene rings is 1. The molecule has 1 aromatic carbocycles. The van der Waals surface area contributed by atoms with E-state index in [1.165, 1.54) is 12.4 Å². The van der Waals surface area contributed by atoms with Crippen LogP contribution in [0, 0.1) is 10.1 Å². The standard InChI is InChI=1S/C13H15N5O2/c19-18(20)10-2-3-12-11(8-10)13(16-9-15-12)17-6-1-4-14-5-7-17/h2-3,8-9,14H,1,4-7H2. The molecule has 0 amide bonds. The summed E-state index contributed by atoms with van der Waals surface area (Å²) in [6, 6.07) is 4.71. The summed E-state index contributed by atoms with van der Waals surface area (Å²) in [6.07, 6.45) is 2.54. The Hall–Kier alpha value is -2.28. The van der Waals surface area contributed by atoms with Gasteiger partial charge in [0.15, 0.2) is 0 Å². The first kappa shape index (κ1) is 12.7. The molecule has 7 nitrogen and oxygen atoms in total. The summed E-state index contributed by atoms with van der Waals surface area (Å²) in [5, 5.41) is 15.0. The fourth-order valence-corrected chi connectivity index (χ4v) is 2.45. The molecule has 0 spiro atoms. The summed E-state index contributed by atoms with van der Waals surface area (Å²) in [5.74, 6) is 0.780. The highest BCUT2D eigenvalue weighted by Crippen LogP contribution is 2.27. The number of nitro benzene ring substituents is 1. The third kappa shape index (κ3) is 2.39. The number of anilines is 1. The van der Waals surface area contributed by atoms with Crippen LogP contribution in [0.25, 0.3) is 10.9 Å². The minimum Gasteiger partial charge on any atom is -0.355 e. The van der Waals surface area contributed by atoms with Crippen LogP contribution in [0.3, 0.4) is 0 Å². The van der Waals surface area contributed by atoms with Crippen LogP contribution < -0.4 is 10.2 Å². The highest BCUT2D eigenvalue weighted by atomic mass is 16.6. The fraction of sp³-hybridized carbons (Fsp3) is 0.385. The molecule has 7 heteroatoms. The Morgan fingerprint density at radius 1 is 1.25 bits per heavy atom. The largest absolute Gasteiger partial charge is 0.355 e. The van der Waals surface area contributed by atoms with Crippen molar-refractivity contribution < 1.29 is 4.92 Å². The lowest BCUT2D eigenvalue weighted by atomic mass is 10.2. The summed E-state index contributed by atoms with van der Waals surface area (Å²) in [7, 11) is 0. The van der Waals surface area contributed by atoms with Gasteiger partial charge in [0.1, 0.15) is 12.1 Å². The van der Waals surface area contributed by atoms with Crippen molar-refractivity contribution in [1.29, 1.82) is 0 Å². The number of hydrogen-bond acceptors (Lipinski definition) is 6. The first-order valence-electron chi connectivity index (χ1n) is 6.60. The Kier molecular flexibility index (Phi) is 3.42. The van der Waals surface area contributed by atoms with Gasteiger partial charge in [-0.25, -0.2) is 9.97 Å². The van der Waals surface area contributed by atoms with Crippen LogP contribution in [0.15, 0.2) is 24.5 Å². The van der Waals surface area contributed by atoms with Crippen molar-refractivity contribution in [2.24, 2.45) is 0 Å². The van der Waals surface area contributed by atoms with Crippen molar-refractivity contribution in [3.8, 4) is 0 Å². The van der Waals surface area contributed by atoms with Gasteiger partial charge in [0, 0.05) is 37.2 Å². The fourth-order valence-electron chi connectivity index (χ4n) is 2.45. The molecule has 1 saturated heterocycles. The minimum absolute atomic E-state index is 0.0708. The van der Waals surface area contributed by atoms with E-state index in [1.807, 2.05) is 0 Å². The summed E-state index contributed by atoms with van der Waals surface area (Å²) in [4.78, 5) is 21.2. The van der Waals surface area contributed by atoms with Gasteiger partial charge < -0.3 is 10.2 Å². The molecule has 1 aliphatic heterocycles. The maximum Gasteiger partial charge on any atom is 0.270 e. The molecule has 0 saturated carbocycles. The first-order valence-corrected chi connectivity index (χ1v) is 6.60. The first-order chi connectivity index (χ1) is 9.75. The molecule has 20 heavy (non-hydrogen) atoms. The van der Waals surface area contributed by atoms with Crippen LogP contribution in [-0.2, 0) is 0 Å². The monoisotopic (exact) mass is 273 g/mol. The van der Waals surface area contributed by atoms with E-state index < -0.39 is 0 Å². The van der Waals surface area contributed by atoms with Crippen LogP contribution in [0.1, 0.15) is 6.42 Å². The molecule has 1 fully saturated rings. The second-order valence-corrected chi connectivity index (χ2v) is 4.75. The summed E-state index contributed by atoms with van der Waals surface area (Å²) >= 11 is 0. The van der Waals surface area contributed by atoms with E-state index in [-0.39, 0.29) is 10.6 Å². The number of nitrogens with one attached hydrogen (secondary N) is 1. The number of aromatic nitrogens is 2. The molecule has 2 heterocycles. The summed E-state index contributed by atoms with van der Waals surface area (Å²) < 4.78 is 0. The lowest BCUT2D eigenvalue weighted by Gasteiger charge is -2.22. The van der Waals surface area contributed by atoms with Gasteiger partial charge in [-0.3, -0.25) is 10.1 Å². The molecule has 0 radical (unpaired) electrons. The Morgan fingerprint density at radius 2 is 2.15 bits per heavy atom. The highest BCUT2D eigenvalue weighted by Gasteiger charge is 2.16. The van der Waals surface area contributed by atoms with E-state index >= 15 is 0 Å². The zero-order valence-electron chi connectivity index (χ0n) is 11.0. The van der Waals surface area contributed by atoms with Crippen molar-refractivity contribution in [3.63, 3.8) is 0 Å². The smallest absolute Gasteiger partial charge is 0.270 e. The number of nitro groups is 1. The van der Waals surface area contributed by atoms with Crippen LogP contribution in [0.4, 0.5) is 11.5 Å². The number of fused-ring (bicyclic) bond motifs is 1. The second kappa shape index (κ2) is 5.38. The maximum absolute atomic E-state index is 10.9. The zero-order valence-corrected chi connectivity index (χ0v) is 11.0. The molecule has 104 valence electrons. The number of non-ortho nitro benzene ring substituents is 1. The number of nitrogens with zero attached hydrogens (tertiary/aromatic N) is 4. The Labute approximate surface area is 115 Å². The molecule has 0 bridgehead atoms. The molecule has 0 aliphatic carbocycles. The lowest BCUT2D eigenvalue weighted by molar-refractivity contribution is -0.384. The van der Waals surface area contributed by atoms with Gasteiger partial charge >= 0.3 is 0 Å². The summed E-state index contributed by atoms with van der Waals surface area (Å²) in [5.41, 5.74) is 0.805. The van der Waals surface area contributed by atoms with E-state index in [1.54, 1.807) is 12.1 Å². The van der Waals surface area contributed by atoms with E-state index in [0.717, 1.165) is 49.3 Å². The van der Waals surface area contributed by atoms with Gasteiger partial charge in [-0.2, -0.15) is 0 Å². The minimum atomic E-state index is -0.389. The topological polar surface area (TPSA) is 84.2 Å². The van der Waals surface area contributed by atoms with E-state index in [2.05, 4.69) is 20.2 Å². The SMILES string of the molecule is O=[N+]([O-])c1ccc2ncnc(N3CCCNCC3)c2c1. The Bertz CT molecular complexity index is 638. The van der Waals surface area contributed by atoms with Crippen LogP contribution in [-0.4, -0.2) is 41.1 Å². The van der Waals surface area contributed by atoms with Crippen molar-refractivity contribution in [3.05, 3.63) is 34.6 Å². The number of rotatable bonds is 2. The molecule has 3 rings (SSSR count). The second-order valence-electron chi connectivity index (χ2n) is 4.75. The average Bonchev–Trinajstić information content (AvgIpc) is 2.75. The molecule has 0 atom stereocenters. The third-order valence-electron chi connectivity index (χ3n) is 3.45.